The third kappa shape index (κ3) is 3.32. The summed E-state index contributed by atoms with van der Waals surface area (Å²) in [7, 11) is 1.53. The summed E-state index contributed by atoms with van der Waals surface area (Å²) in [6.07, 6.45) is 0.456. The van der Waals surface area contributed by atoms with Gasteiger partial charge in [-0.1, -0.05) is 17.7 Å². The molecule has 1 aliphatic rings. The van der Waals surface area contributed by atoms with Crippen molar-refractivity contribution in [1.29, 1.82) is 0 Å². The van der Waals surface area contributed by atoms with Gasteiger partial charge in [0.25, 0.3) is 0 Å². The minimum absolute atomic E-state index is 0.205. The summed E-state index contributed by atoms with van der Waals surface area (Å²) in [4.78, 5) is 5.12. The van der Waals surface area contributed by atoms with Crippen molar-refractivity contribution in [1.82, 2.24) is 10.7 Å². The van der Waals surface area contributed by atoms with E-state index in [1.807, 2.05) is 5.59 Å². The molecule has 0 bridgehead atoms. The van der Waals surface area contributed by atoms with Gasteiger partial charge in [0, 0.05) is 10.6 Å². The van der Waals surface area contributed by atoms with Crippen LogP contribution in [0.15, 0.2) is 36.4 Å². The molecule has 132 valence electrons. The smallest absolute Gasteiger partial charge is 0.135 e. The lowest BCUT2D eigenvalue weighted by molar-refractivity contribution is -0.164. The summed E-state index contributed by atoms with van der Waals surface area (Å²) in [5, 5.41) is 1.74. The Bertz CT molecular complexity index is 809. The van der Waals surface area contributed by atoms with Gasteiger partial charge in [0.2, 0.25) is 0 Å². The van der Waals surface area contributed by atoms with Crippen LogP contribution in [0.25, 0.3) is 11.3 Å². The topological polar surface area (TPSA) is 59.8 Å². The Morgan fingerprint density at radius 3 is 2.56 bits per heavy atom. The third-order valence-corrected chi connectivity index (χ3v) is 4.29. The van der Waals surface area contributed by atoms with Crippen LogP contribution < -0.4 is 16.2 Å². The molecule has 3 N–H and O–H groups in total. The molecule has 8 heteroatoms. The fraction of sp³-hybridized carbons (Fsp3) is 0.176. The molecule has 0 aliphatic carbocycles. The van der Waals surface area contributed by atoms with Crippen molar-refractivity contribution in [3.05, 3.63) is 64.2 Å². The SMILES string of the molecule is COc1ccc(Cl)c(C2=C(c3c(F)cccc3F)N(ONN)CC2)c1. The predicted octanol–water partition coefficient (Wildman–Crippen LogP) is 3.51. The average Bonchev–Trinajstić information content (AvgIpc) is 2.99. The monoisotopic (exact) mass is 367 g/mol. The standard InChI is InChI=1S/C17H16ClF2N3O2/c1-24-10-5-6-13(18)12(9-10)11-7-8-23(25-22-21)17(11)16-14(19)3-2-4-15(16)20/h2-6,9,22H,7-8,21H2,1H3. The zero-order valence-electron chi connectivity index (χ0n) is 13.4. The Hall–Kier alpha value is -2.19. The van der Waals surface area contributed by atoms with E-state index >= 15 is 0 Å². The number of hydrogen-bond acceptors (Lipinski definition) is 5. The number of methoxy groups -OCH3 is 1. The molecule has 2 aromatic rings. The third-order valence-electron chi connectivity index (χ3n) is 3.96. The van der Waals surface area contributed by atoms with Crippen LogP contribution in [-0.4, -0.2) is 18.7 Å². The first kappa shape index (κ1) is 17.6. The Balaban J connectivity index is 2.24. The van der Waals surface area contributed by atoms with E-state index < -0.39 is 11.6 Å². The number of nitrogens with two attached hydrogens (primary N) is 1. The number of ether oxygens (including phenoxy) is 1. The Labute approximate surface area is 148 Å². The molecule has 0 amide bonds. The summed E-state index contributed by atoms with van der Waals surface area (Å²) >= 11 is 6.31. The molecule has 0 fully saturated rings. The summed E-state index contributed by atoms with van der Waals surface area (Å²) in [6.45, 7) is 0.343. The highest BCUT2D eigenvalue weighted by molar-refractivity contribution is 6.32. The number of hydrazine groups is 1. The van der Waals surface area contributed by atoms with Gasteiger partial charge in [-0.3, -0.25) is 0 Å². The Kier molecular flexibility index (Phi) is 5.19. The lowest BCUT2D eigenvalue weighted by Crippen LogP contribution is -2.33. The van der Waals surface area contributed by atoms with Crippen LogP contribution >= 0.6 is 11.6 Å². The molecule has 0 aromatic heterocycles. The molecule has 25 heavy (non-hydrogen) atoms. The van der Waals surface area contributed by atoms with Gasteiger partial charge in [0.15, 0.2) is 0 Å². The minimum Gasteiger partial charge on any atom is -0.497 e. The van der Waals surface area contributed by atoms with Gasteiger partial charge < -0.3 is 4.74 Å². The number of halogens is 3. The first-order valence-electron chi connectivity index (χ1n) is 7.48. The molecule has 2 aromatic carbocycles. The van der Waals surface area contributed by atoms with Crippen LogP contribution in [0, 0.1) is 11.6 Å². The van der Waals surface area contributed by atoms with Crippen molar-refractivity contribution in [2.45, 2.75) is 6.42 Å². The van der Waals surface area contributed by atoms with Crippen molar-refractivity contribution in [3.63, 3.8) is 0 Å². The van der Waals surface area contributed by atoms with E-state index in [-0.39, 0.29) is 11.3 Å². The molecule has 5 nitrogen and oxygen atoms in total. The normalized spacial score (nSPS) is 14.4. The maximum atomic E-state index is 14.4. The average molecular weight is 368 g/mol. The maximum Gasteiger partial charge on any atom is 0.135 e. The molecule has 1 aliphatic heterocycles. The van der Waals surface area contributed by atoms with Gasteiger partial charge in [-0.25, -0.2) is 19.7 Å². The predicted molar refractivity (Wildman–Crippen MR) is 90.9 cm³/mol. The molecule has 1 heterocycles. The van der Waals surface area contributed by atoms with Gasteiger partial charge in [-0.15, -0.1) is 5.59 Å². The fourth-order valence-electron chi connectivity index (χ4n) is 2.87. The zero-order valence-corrected chi connectivity index (χ0v) is 14.1. The van der Waals surface area contributed by atoms with Crippen molar-refractivity contribution in [2.75, 3.05) is 13.7 Å². The molecular formula is C17H16ClF2N3O2. The lowest BCUT2D eigenvalue weighted by Gasteiger charge is -2.21. The molecular weight excluding hydrogens is 352 g/mol. The zero-order chi connectivity index (χ0) is 18.0. The van der Waals surface area contributed by atoms with Crippen LogP contribution in [0.3, 0.4) is 0 Å². The summed E-state index contributed by atoms with van der Waals surface area (Å²) < 4.78 is 34.0. The number of nitrogens with zero attached hydrogens (tertiary/aromatic N) is 1. The highest BCUT2D eigenvalue weighted by Crippen LogP contribution is 2.42. The molecule has 0 saturated heterocycles. The number of hydrogen-bond donors (Lipinski definition) is 2. The van der Waals surface area contributed by atoms with E-state index in [1.54, 1.807) is 18.2 Å². The van der Waals surface area contributed by atoms with E-state index in [0.29, 0.717) is 34.9 Å². The van der Waals surface area contributed by atoms with Crippen LogP contribution in [0.4, 0.5) is 8.78 Å². The molecule has 0 saturated carbocycles. The second-order valence-corrected chi connectivity index (χ2v) is 5.74. The summed E-state index contributed by atoms with van der Waals surface area (Å²) in [6, 6.07) is 8.76. The minimum atomic E-state index is -0.709. The maximum absolute atomic E-state index is 14.4. The first-order chi connectivity index (χ1) is 12.1. The Morgan fingerprint density at radius 2 is 1.92 bits per heavy atom. The van der Waals surface area contributed by atoms with Crippen LogP contribution in [0.2, 0.25) is 5.02 Å². The van der Waals surface area contributed by atoms with Gasteiger partial charge in [0.1, 0.15) is 17.4 Å². The van der Waals surface area contributed by atoms with Crippen molar-refractivity contribution < 1.29 is 18.5 Å². The van der Waals surface area contributed by atoms with Crippen LogP contribution in [0.5, 0.6) is 5.75 Å². The second kappa shape index (κ2) is 7.37. The van der Waals surface area contributed by atoms with Crippen LogP contribution in [-0.2, 0) is 4.94 Å². The van der Waals surface area contributed by atoms with Gasteiger partial charge in [0.05, 0.1) is 24.9 Å². The summed E-state index contributed by atoms with van der Waals surface area (Å²) in [5.74, 6) is 4.38. The number of hydroxylamine groups is 2. The van der Waals surface area contributed by atoms with E-state index in [9.17, 15) is 8.78 Å². The molecule has 3 rings (SSSR count). The van der Waals surface area contributed by atoms with Crippen molar-refractivity contribution >= 4 is 22.9 Å². The molecule has 0 unspecified atom stereocenters. The lowest BCUT2D eigenvalue weighted by atomic mass is 9.98. The van der Waals surface area contributed by atoms with Gasteiger partial charge in [-0.05, 0) is 42.3 Å². The first-order valence-corrected chi connectivity index (χ1v) is 7.86. The molecule has 0 atom stereocenters. The highest BCUT2D eigenvalue weighted by atomic mass is 35.5. The molecule has 0 radical (unpaired) electrons. The summed E-state index contributed by atoms with van der Waals surface area (Å²) in [5.41, 5.74) is 3.31. The number of benzene rings is 2. The van der Waals surface area contributed by atoms with E-state index in [4.69, 9.17) is 27.1 Å². The van der Waals surface area contributed by atoms with Crippen molar-refractivity contribution in [3.8, 4) is 5.75 Å². The van der Waals surface area contributed by atoms with Crippen LogP contribution in [0.1, 0.15) is 17.5 Å². The highest BCUT2D eigenvalue weighted by Gasteiger charge is 2.31. The van der Waals surface area contributed by atoms with Gasteiger partial charge in [-0.2, -0.15) is 4.94 Å². The number of rotatable bonds is 5. The quantitative estimate of drug-likeness (QED) is 0.625. The van der Waals surface area contributed by atoms with E-state index in [0.717, 1.165) is 0 Å². The van der Waals surface area contributed by atoms with Crippen molar-refractivity contribution in [2.24, 2.45) is 5.84 Å². The van der Waals surface area contributed by atoms with E-state index in [2.05, 4.69) is 0 Å². The largest absolute Gasteiger partial charge is 0.497 e. The van der Waals surface area contributed by atoms with E-state index in [1.165, 1.54) is 30.4 Å². The second-order valence-electron chi connectivity index (χ2n) is 5.33. The Morgan fingerprint density at radius 1 is 1.20 bits per heavy atom. The fourth-order valence-corrected chi connectivity index (χ4v) is 3.11. The van der Waals surface area contributed by atoms with Gasteiger partial charge >= 0.3 is 0 Å². The molecule has 0 spiro atoms. The number of nitrogens with one attached hydrogen (secondary N) is 1.